The number of allylic oxidation sites excluding steroid dienone is 1. The largest absolute Gasteiger partial charge is 0.444 e. The lowest BCUT2D eigenvalue weighted by Crippen LogP contribution is -2.58. The quantitative estimate of drug-likeness (QED) is 0.262. The number of sulfonamides is 1. The predicted octanol–water partition coefficient (Wildman–Crippen LogP) is 3.10. The number of carbonyl (C=O) groups is 4. The van der Waals surface area contributed by atoms with Crippen molar-refractivity contribution in [3.63, 3.8) is 0 Å². The van der Waals surface area contributed by atoms with E-state index in [-0.39, 0.29) is 62.4 Å². The predicted molar refractivity (Wildman–Crippen MR) is 211 cm³/mol. The highest BCUT2D eigenvalue weighted by Gasteiger charge is 2.62. The van der Waals surface area contributed by atoms with Gasteiger partial charge in [0.25, 0.3) is 16.8 Å². The van der Waals surface area contributed by atoms with E-state index in [1.165, 1.54) is 15.9 Å². The molecule has 4 aliphatic heterocycles. The van der Waals surface area contributed by atoms with Crippen LogP contribution in [-0.4, -0.2) is 89.6 Å². The lowest BCUT2D eigenvalue weighted by Gasteiger charge is -2.34. The molecule has 2 unspecified atom stereocenters. The highest BCUT2D eigenvalue weighted by Crippen LogP contribution is 2.46. The summed E-state index contributed by atoms with van der Waals surface area (Å²) in [7, 11) is -3.95. The maximum atomic E-state index is 14.8. The van der Waals surface area contributed by atoms with Gasteiger partial charge in [0.2, 0.25) is 21.8 Å². The van der Waals surface area contributed by atoms with E-state index in [2.05, 4.69) is 15.4 Å². The number of nitrogens with one attached hydrogen (secondary N) is 3. The van der Waals surface area contributed by atoms with Gasteiger partial charge in [0.05, 0.1) is 18.3 Å². The summed E-state index contributed by atoms with van der Waals surface area (Å²) in [5, 5.41) is 5.30. The van der Waals surface area contributed by atoms with Crippen LogP contribution in [0.5, 0.6) is 0 Å². The molecule has 0 aromatic heterocycles. The third-order valence-corrected chi connectivity index (χ3v) is 14.8. The summed E-state index contributed by atoms with van der Waals surface area (Å²) < 4.78 is 48.4. The van der Waals surface area contributed by atoms with Crippen LogP contribution in [0.25, 0.3) is 0 Å². The van der Waals surface area contributed by atoms with Crippen molar-refractivity contribution in [3.8, 4) is 0 Å². The van der Waals surface area contributed by atoms with E-state index < -0.39 is 85.4 Å². The van der Waals surface area contributed by atoms with E-state index in [0.717, 1.165) is 25.7 Å². The lowest BCUT2D eigenvalue weighted by molar-refractivity contribution is -0.140. The number of rotatable bonds is 8. The third-order valence-electron chi connectivity index (χ3n) is 13.0. The molecule has 4 amide bonds. The Hall–Kier alpha value is -4.80. The Labute approximate surface area is 336 Å². The van der Waals surface area contributed by atoms with Crippen molar-refractivity contribution >= 4 is 45.2 Å². The van der Waals surface area contributed by atoms with Crippen LogP contribution in [0.15, 0.2) is 39.9 Å². The minimum absolute atomic E-state index is 0.0128. The van der Waals surface area contributed by atoms with Gasteiger partial charge in [0.1, 0.15) is 40.9 Å². The van der Waals surface area contributed by atoms with Gasteiger partial charge in [-0.1, -0.05) is 44.1 Å². The number of nitrogens with zero attached hydrogens (tertiary/aromatic N) is 3. The first-order chi connectivity index (χ1) is 27.7. The maximum absolute atomic E-state index is 14.8. The summed E-state index contributed by atoms with van der Waals surface area (Å²) in [6, 6.07) is 2.40. The van der Waals surface area contributed by atoms with Crippen molar-refractivity contribution in [2.45, 2.75) is 145 Å². The smallest absolute Gasteiger partial charge is 0.410 e. The fraction of sp³-hybridized carbons (Fsp3) is 0.610. The fourth-order valence-corrected chi connectivity index (χ4v) is 10.7. The Balaban J connectivity index is 1.08. The average Bonchev–Trinajstić information content (AvgIpc) is 4.03. The van der Waals surface area contributed by atoms with Gasteiger partial charge in [-0.15, -0.1) is 0 Å². The molecule has 2 aromatic carbocycles. The van der Waals surface area contributed by atoms with Crippen LogP contribution in [0.4, 0.5) is 20.6 Å². The Morgan fingerprint density at radius 2 is 1.81 bits per heavy atom. The molecule has 4 fully saturated rings. The highest BCUT2D eigenvalue weighted by molar-refractivity contribution is 7.91. The number of hydrogen-bond donors (Lipinski definition) is 3. The van der Waals surface area contributed by atoms with E-state index >= 15 is 0 Å². The van der Waals surface area contributed by atoms with E-state index in [0.29, 0.717) is 43.2 Å². The first-order valence-corrected chi connectivity index (χ1v) is 22.2. The van der Waals surface area contributed by atoms with Crippen LogP contribution in [-0.2, 0) is 42.2 Å². The lowest BCUT2D eigenvalue weighted by atomic mass is 10.0. The topological polar surface area (TPSA) is 192 Å². The molecule has 3 N–H and O–H groups in total. The molecule has 7 atom stereocenters. The van der Waals surface area contributed by atoms with E-state index in [1.807, 2.05) is 30.9 Å². The van der Waals surface area contributed by atoms with Crippen LogP contribution in [0.3, 0.4) is 0 Å². The average molecular weight is 823 g/mol. The van der Waals surface area contributed by atoms with Crippen molar-refractivity contribution in [2.24, 2.45) is 5.92 Å². The standard InChI is InChI=1S/C41H51FN6O9S/c1-3-26-15-14-23(2)48(26)34-33(35(49)36(34)50)43-31-13-8-6-4-5-7-11-25-19-41(25,39(53)45-58(55,56)28-16-17-28)44-37(51)32-18-27(21-47(32)38(31)52)57-40(54)46-20-24-10-9-12-30(42)29(24)22-46/h7,9-12,23,25-28,31-32,43H,3-6,8,13-22H2,1-2H3,(H,44,51)(H,45,53)/b11-7-/t23?,25-,26?,27-,31+,32+,41-/m1/s1. The molecule has 15 nitrogen and oxygen atoms in total. The van der Waals surface area contributed by atoms with Crippen molar-refractivity contribution < 1.29 is 36.7 Å². The summed E-state index contributed by atoms with van der Waals surface area (Å²) >= 11 is 0. The van der Waals surface area contributed by atoms with Gasteiger partial charge in [0, 0.05) is 36.5 Å². The van der Waals surface area contributed by atoms with E-state index in [9.17, 15) is 41.6 Å². The van der Waals surface area contributed by atoms with Crippen molar-refractivity contribution in [2.75, 3.05) is 16.8 Å². The first kappa shape index (κ1) is 40.0. The van der Waals surface area contributed by atoms with Gasteiger partial charge in [-0.3, -0.25) is 33.6 Å². The highest BCUT2D eigenvalue weighted by atomic mass is 32.2. The maximum Gasteiger partial charge on any atom is 0.410 e. The number of fused-ring (bicyclic) bond motifs is 3. The summed E-state index contributed by atoms with van der Waals surface area (Å²) in [6.07, 6.45) is 8.33. The molecule has 0 bridgehead atoms. The molecule has 17 heteroatoms. The molecule has 2 aromatic rings. The Bertz CT molecular complexity index is 2220. The normalized spacial score (nSPS) is 30.8. The number of carbonyl (C=O) groups excluding carboxylic acids is 4. The van der Waals surface area contributed by atoms with Crippen LogP contribution < -0.4 is 31.1 Å². The molecule has 0 spiro atoms. The molecule has 2 saturated heterocycles. The van der Waals surface area contributed by atoms with Gasteiger partial charge >= 0.3 is 6.09 Å². The summed E-state index contributed by atoms with van der Waals surface area (Å²) in [4.78, 5) is 87.5. The fourth-order valence-electron chi connectivity index (χ4n) is 9.38. The number of amides is 4. The molecule has 6 aliphatic rings. The van der Waals surface area contributed by atoms with E-state index in [1.54, 1.807) is 12.1 Å². The number of hydrogen-bond acceptors (Lipinski definition) is 11. The van der Waals surface area contributed by atoms with Crippen molar-refractivity contribution in [1.82, 2.24) is 19.8 Å². The number of ether oxygens (including phenoxy) is 1. The molecular formula is C41H51FN6O9S. The van der Waals surface area contributed by atoms with Gasteiger partial charge < -0.3 is 25.2 Å². The van der Waals surface area contributed by atoms with Gasteiger partial charge in [-0.05, 0) is 76.3 Å². The third kappa shape index (κ3) is 7.38. The zero-order chi connectivity index (χ0) is 41.1. The molecule has 58 heavy (non-hydrogen) atoms. The second kappa shape index (κ2) is 15.4. The molecule has 2 saturated carbocycles. The summed E-state index contributed by atoms with van der Waals surface area (Å²) in [6.45, 7) is 3.94. The number of anilines is 2. The molecule has 312 valence electrons. The zero-order valence-corrected chi connectivity index (χ0v) is 33.7. The molecule has 2 aliphatic carbocycles. The van der Waals surface area contributed by atoms with Gasteiger partial charge in [-0.2, -0.15) is 0 Å². The van der Waals surface area contributed by atoms with E-state index in [4.69, 9.17) is 4.74 Å². The van der Waals surface area contributed by atoms with Gasteiger partial charge in [-0.25, -0.2) is 17.6 Å². The Kier molecular flexibility index (Phi) is 10.6. The molecule has 4 heterocycles. The monoisotopic (exact) mass is 822 g/mol. The Morgan fingerprint density at radius 3 is 2.55 bits per heavy atom. The molecular weight excluding hydrogens is 772 g/mol. The summed E-state index contributed by atoms with van der Waals surface area (Å²) in [5.74, 6) is -3.05. The van der Waals surface area contributed by atoms with Crippen LogP contribution in [0.2, 0.25) is 0 Å². The zero-order valence-electron chi connectivity index (χ0n) is 32.8. The van der Waals surface area contributed by atoms with Crippen molar-refractivity contribution in [3.05, 3.63) is 67.7 Å². The molecule has 8 rings (SSSR count). The first-order valence-electron chi connectivity index (χ1n) is 20.7. The van der Waals surface area contributed by atoms with Crippen LogP contribution in [0.1, 0.15) is 102 Å². The SMILES string of the molecule is CCC1CCC(C)N1c1c(N[C@H]2CCCCC/C=C\[C@@H]3C[C@@]3(C(=O)NS(=O)(=O)C3CC3)NC(=O)[C@@H]3C[C@@H](OC(=O)N4Cc5cccc(F)c5C4)CN3C2=O)c(=O)c1=O. The number of benzene rings is 1. The second-order valence-electron chi connectivity index (χ2n) is 17.0. The minimum atomic E-state index is -3.95. The Morgan fingerprint density at radius 1 is 1.02 bits per heavy atom. The van der Waals surface area contributed by atoms with Crippen LogP contribution in [0, 0.1) is 11.7 Å². The number of halogens is 1. The van der Waals surface area contributed by atoms with Crippen LogP contribution >= 0.6 is 0 Å². The van der Waals surface area contributed by atoms with Gasteiger partial charge in [0.15, 0.2) is 0 Å². The second-order valence-corrected chi connectivity index (χ2v) is 18.9. The molecule has 0 radical (unpaired) electrons. The minimum Gasteiger partial charge on any atom is -0.444 e. The summed E-state index contributed by atoms with van der Waals surface area (Å²) in [5.41, 5.74) is -1.52. The van der Waals surface area contributed by atoms with Crippen molar-refractivity contribution in [1.29, 1.82) is 0 Å².